The number of ether oxygens (including phenoxy) is 1. The smallest absolute Gasteiger partial charge is 0.199 e. The molecule has 2 rings (SSSR count). The van der Waals surface area contributed by atoms with E-state index in [9.17, 15) is 9.18 Å². The number of halogens is 2. The molecule has 0 amide bonds. The molecule has 4 heteroatoms. The van der Waals surface area contributed by atoms with Gasteiger partial charge in [-0.3, -0.25) is 4.79 Å². The molecule has 19 heavy (non-hydrogen) atoms. The van der Waals surface area contributed by atoms with Crippen molar-refractivity contribution in [1.82, 2.24) is 0 Å². The van der Waals surface area contributed by atoms with Gasteiger partial charge in [0.05, 0.1) is 22.8 Å². The molecule has 98 valence electrons. The molecule has 0 aliphatic rings. The van der Waals surface area contributed by atoms with Crippen LogP contribution in [-0.2, 0) is 0 Å². The van der Waals surface area contributed by atoms with E-state index in [1.807, 2.05) is 6.92 Å². The van der Waals surface area contributed by atoms with Crippen LogP contribution in [0.15, 0.2) is 42.5 Å². The Balaban J connectivity index is 2.47. The van der Waals surface area contributed by atoms with E-state index in [1.165, 1.54) is 12.1 Å². The minimum Gasteiger partial charge on any atom is -0.493 e. The Morgan fingerprint density at radius 3 is 2.58 bits per heavy atom. The maximum absolute atomic E-state index is 13.9. The van der Waals surface area contributed by atoms with Gasteiger partial charge >= 0.3 is 0 Å². The molecule has 0 N–H and O–H groups in total. The van der Waals surface area contributed by atoms with E-state index in [0.717, 1.165) is 0 Å². The van der Waals surface area contributed by atoms with Crippen molar-refractivity contribution in [3.63, 3.8) is 0 Å². The second kappa shape index (κ2) is 5.85. The topological polar surface area (TPSA) is 26.3 Å². The second-order valence-electron chi connectivity index (χ2n) is 3.86. The van der Waals surface area contributed by atoms with Gasteiger partial charge in [-0.05, 0) is 31.2 Å². The number of hydrogen-bond acceptors (Lipinski definition) is 2. The van der Waals surface area contributed by atoms with Crippen LogP contribution in [0.2, 0.25) is 5.02 Å². The number of carbonyl (C=O) groups is 1. The first kappa shape index (κ1) is 13.6. The third-order valence-electron chi connectivity index (χ3n) is 2.63. The first-order chi connectivity index (χ1) is 9.15. The third kappa shape index (κ3) is 2.76. The highest BCUT2D eigenvalue weighted by Gasteiger charge is 2.19. The van der Waals surface area contributed by atoms with Gasteiger partial charge in [0.15, 0.2) is 11.6 Å². The van der Waals surface area contributed by atoms with Gasteiger partial charge in [-0.2, -0.15) is 0 Å². The maximum atomic E-state index is 13.9. The summed E-state index contributed by atoms with van der Waals surface area (Å²) in [7, 11) is 0. The Bertz CT molecular complexity index is 611. The predicted molar refractivity (Wildman–Crippen MR) is 72.5 cm³/mol. The van der Waals surface area contributed by atoms with Gasteiger partial charge in [0, 0.05) is 0 Å². The van der Waals surface area contributed by atoms with E-state index in [0.29, 0.717) is 17.9 Å². The quantitative estimate of drug-likeness (QED) is 0.787. The van der Waals surface area contributed by atoms with Crippen LogP contribution in [0, 0.1) is 5.82 Å². The van der Waals surface area contributed by atoms with Crippen molar-refractivity contribution >= 4 is 17.4 Å². The summed E-state index contributed by atoms with van der Waals surface area (Å²) in [5, 5.41) is -0.0697. The zero-order chi connectivity index (χ0) is 13.8. The fourth-order valence-electron chi connectivity index (χ4n) is 1.76. The van der Waals surface area contributed by atoms with Crippen LogP contribution >= 0.6 is 11.6 Å². The molecule has 2 aromatic rings. The summed E-state index contributed by atoms with van der Waals surface area (Å²) in [6.07, 6.45) is 0. The molecule has 0 heterocycles. The summed E-state index contributed by atoms with van der Waals surface area (Å²) in [6.45, 7) is 2.25. The molecular formula is C15H12ClFO2. The Labute approximate surface area is 115 Å². The first-order valence-corrected chi connectivity index (χ1v) is 6.23. The van der Waals surface area contributed by atoms with Crippen LogP contribution in [0.5, 0.6) is 5.75 Å². The Kier molecular flexibility index (Phi) is 4.17. The van der Waals surface area contributed by atoms with Crippen LogP contribution in [-0.4, -0.2) is 12.4 Å². The molecule has 0 aromatic heterocycles. The number of rotatable bonds is 4. The molecule has 0 saturated heterocycles. The number of hydrogen-bond donors (Lipinski definition) is 0. The highest BCUT2D eigenvalue weighted by Crippen LogP contribution is 2.25. The van der Waals surface area contributed by atoms with E-state index < -0.39 is 11.6 Å². The highest BCUT2D eigenvalue weighted by molar-refractivity contribution is 6.31. The lowest BCUT2D eigenvalue weighted by molar-refractivity contribution is 0.103. The van der Waals surface area contributed by atoms with Crippen molar-refractivity contribution < 1.29 is 13.9 Å². The van der Waals surface area contributed by atoms with E-state index >= 15 is 0 Å². The van der Waals surface area contributed by atoms with Crippen molar-refractivity contribution in [3.8, 4) is 5.75 Å². The van der Waals surface area contributed by atoms with Crippen molar-refractivity contribution in [2.24, 2.45) is 0 Å². The third-order valence-corrected chi connectivity index (χ3v) is 2.92. The molecule has 0 spiro atoms. The molecule has 0 radical (unpaired) electrons. The lowest BCUT2D eigenvalue weighted by Crippen LogP contribution is -2.07. The molecule has 0 aliphatic heterocycles. The molecule has 0 unspecified atom stereocenters. The van der Waals surface area contributed by atoms with Crippen LogP contribution in [0.4, 0.5) is 4.39 Å². The van der Waals surface area contributed by atoms with Gasteiger partial charge in [0.25, 0.3) is 0 Å². The van der Waals surface area contributed by atoms with Crippen LogP contribution < -0.4 is 4.74 Å². The van der Waals surface area contributed by atoms with Crippen molar-refractivity contribution in [1.29, 1.82) is 0 Å². The fraction of sp³-hybridized carbons (Fsp3) is 0.133. The SMILES string of the molecule is CCOc1ccccc1C(=O)c1cccc(Cl)c1F. The average Bonchev–Trinajstić information content (AvgIpc) is 2.42. The zero-order valence-corrected chi connectivity index (χ0v) is 11.1. The Hall–Kier alpha value is -1.87. The Morgan fingerprint density at radius 1 is 1.16 bits per heavy atom. The molecule has 0 atom stereocenters. The maximum Gasteiger partial charge on any atom is 0.199 e. The summed E-state index contributed by atoms with van der Waals surface area (Å²) in [5.74, 6) is -0.709. The predicted octanol–water partition coefficient (Wildman–Crippen LogP) is 4.11. The van der Waals surface area contributed by atoms with Gasteiger partial charge in [0.2, 0.25) is 0 Å². The summed E-state index contributed by atoms with van der Waals surface area (Å²) in [6, 6.07) is 11.1. The number of carbonyl (C=O) groups excluding carboxylic acids is 1. The summed E-state index contributed by atoms with van der Waals surface area (Å²) in [4.78, 5) is 12.3. The average molecular weight is 279 g/mol. The summed E-state index contributed by atoms with van der Waals surface area (Å²) >= 11 is 5.69. The van der Waals surface area contributed by atoms with Crippen molar-refractivity contribution in [2.75, 3.05) is 6.61 Å². The molecule has 0 aliphatic carbocycles. The van der Waals surface area contributed by atoms with E-state index in [-0.39, 0.29) is 10.6 Å². The Morgan fingerprint density at radius 2 is 1.84 bits per heavy atom. The minimum atomic E-state index is -0.708. The minimum absolute atomic E-state index is 0.0559. The van der Waals surface area contributed by atoms with Crippen molar-refractivity contribution in [3.05, 3.63) is 64.4 Å². The number of benzene rings is 2. The van der Waals surface area contributed by atoms with Gasteiger partial charge in [-0.25, -0.2) is 4.39 Å². The van der Waals surface area contributed by atoms with Crippen molar-refractivity contribution in [2.45, 2.75) is 6.92 Å². The lowest BCUT2D eigenvalue weighted by Gasteiger charge is -2.09. The second-order valence-corrected chi connectivity index (χ2v) is 4.27. The van der Waals surface area contributed by atoms with Gasteiger partial charge in [-0.1, -0.05) is 29.8 Å². The van der Waals surface area contributed by atoms with Crippen LogP contribution in [0.3, 0.4) is 0 Å². The summed E-state index contributed by atoms with van der Waals surface area (Å²) in [5.41, 5.74) is 0.269. The van der Waals surface area contributed by atoms with Gasteiger partial charge < -0.3 is 4.74 Å². The van der Waals surface area contributed by atoms with E-state index in [4.69, 9.17) is 16.3 Å². The van der Waals surface area contributed by atoms with E-state index in [2.05, 4.69) is 0 Å². The first-order valence-electron chi connectivity index (χ1n) is 5.85. The van der Waals surface area contributed by atoms with Crippen LogP contribution in [0.1, 0.15) is 22.8 Å². The number of para-hydroxylation sites is 1. The normalized spacial score (nSPS) is 10.3. The molecule has 0 bridgehead atoms. The van der Waals surface area contributed by atoms with Gasteiger partial charge in [0.1, 0.15) is 5.75 Å². The molecule has 2 nitrogen and oxygen atoms in total. The summed E-state index contributed by atoms with van der Waals surface area (Å²) < 4.78 is 19.2. The lowest BCUT2D eigenvalue weighted by atomic mass is 10.0. The van der Waals surface area contributed by atoms with E-state index in [1.54, 1.807) is 30.3 Å². The highest BCUT2D eigenvalue weighted by atomic mass is 35.5. The fourth-order valence-corrected chi connectivity index (χ4v) is 1.93. The largest absolute Gasteiger partial charge is 0.493 e. The zero-order valence-electron chi connectivity index (χ0n) is 10.3. The molecule has 0 fully saturated rings. The monoisotopic (exact) mass is 278 g/mol. The molecule has 0 saturated carbocycles. The van der Waals surface area contributed by atoms with Gasteiger partial charge in [-0.15, -0.1) is 0 Å². The standard InChI is InChI=1S/C15H12ClFO2/c1-2-19-13-9-4-3-6-10(13)15(18)11-7-5-8-12(16)14(11)17/h3-9H,2H2,1H3. The van der Waals surface area contributed by atoms with Crippen LogP contribution in [0.25, 0.3) is 0 Å². The molecule has 2 aromatic carbocycles. The number of ketones is 1. The molecular weight excluding hydrogens is 267 g/mol.